The lowest BCUT2D eigenvalue weighted by molar-refractivity contribution is -0.141. The van der Waals surface area contributed by atoms with Gasteiger partial charge in [0.05, 0.1) is 0 Å². The van der Waals surface area contributed by atoms with Crippen LogP contribution in [0.15, 0.2) is 54.6 Å². The first-order valence-corrected chi connectivity index (χ1v) is 11.7. The van der Waals surface area contributed by atoms with E-state index in [-0.39, 0.29) is 24.6 Å². The molecule has 0 aliphatic heterocycles. The molecule has 8 nitrogen and oxygen atoms in total. The van der Waals surface area contributed by atoms with Crippen LogP contribution in [0.2, 0.25) is 0 Å². The van der Waals surface area contributed by atoms with Gasteiger partial charge in [0, 0.05) is 18.8 Å². The van der Waals surface area contributed by atoms with Crippen LogP contribution in [0.4, 0.5) is 4.79 Å². The molecule has 0 aromatic heterocycles. The maximum Gasteiger partial charge on any atom is 0.408 e. The predicted molar refractivity (Wildman–Crippen MR) is 134 cm³/mol. The standard InChI is InChI=1S/C25H33N3O5S/c1-5-28(23(31)20(16-34)27-24(32)33-25(2,3)4)21(18-12-9-13-19(29)14-18)22(30)26-15-17-10-7-6-8-11-17/h6-14,20-21,29,34H,5,15-16H2,1-4H3,(H,26,30)(H,27,32). The number of carbonyl (C=O) groups is 3. The molecule has 184 valence electrons. The van der Waals surface area contributed by atoms with E-state index in [9.17, 15) is 19.5 Å². The smallest absolute Gasteiger partial charge is 0.408 e. The Morgan fingerprint density at radius 1 is 1.09 bits per heavy atom. The Morgan fingerprint density at radius 3 is 2.32 bits per heavy atom. The molecule has 2 aromatic rings. The van der Waals surface area contributed by atoms with Crippen LogP contribution < -0.4 is 10.6 Å². The second-order valence-corrected chi connectivity index (χ2v) is 9.07. The lowest BCUT2D eigenvalue weighted by Crippen LogP contribution is -2.53. The van der Waals surface area contributed by atoms with E-state index in [0.29, 0.717) is 5.56 Å². The SMILES string of the molecule is CCN(C(=O)C(CS)NC(=O)OC(C)(C)C)C(C(=O)NCc1ccccc1)c1cccc(O)c1. The summed E-state index contributed by atoms with van der Waals surface area (Å²) in [6, 6.07) is 13.5. The first-order valence-electron chi connectivity index (χ1n) is 11.1. The highest BCUT2D eigenvalue weighted by molar-refractivity contribution is 7.80. The fourth-order valence-electron chi connectivity index (χ4n) is 3.35. The van der Waals surface area contributed by atoms with Crippen molar-refractivity contribution in [2.75, 3.05) is 12.3 Å². The molecule has 0 aliphatic rings. The number of carbonyl (C=O) groups excluding carboxylic acids is 3. The monoisotopic (exact) mass is 487 g/mol. The quantitative estimate of drug-likeness (QED) is 0.406. The van der Waals surface area contributed by atoms with E-state index >= 15 is 0 Å². The number of benzene rings is 2. The molecule has 2 unspecified atom stereocenters. The molecule has 0 fully saturated rings. The molecule has 2 aromatic carbocycles. The van der Waals surface area contributed by atoms with Gasteiger partial charge in [-0.15, -0.1) is 0 Å². The lowest BCUT2D eigenvalue weighted by atomic mass is 10.0. The second kappa shape index (κ2) is 12.3. The molecule has 0 bridgehead atoms. The Morgan fingerprint density at radius 2 is 1.76 bits per heavy atom. The van der Waals surface area contributed by atoms with Crippen molar-refractivity contribution in [1.29, 1.82) is 0 Å². The molecule has 3 N–H and O–H groups in total. The number of hydrogen-bond acceptors (Lipinski definition) is 6. The zero-order valence-electron chi connectivity index (χ0n) is 19.9. The summed E-state index contributed by atoms with van der Waals surface area (Å²) in [7, 11) is 0. The highest BCUT2D eigenvalue weighted by atomic mass is 32.1. The van der Waals surface area contributed by atoms with Gasteiger partial charge in [0.1, 0.15) is 23.4 Å². The summed E-state index contributed by atoms with van der Waals surface area (Å²) in [6.45, 7) is 7.35. The number of aromatic hydroxyl groups is 1. The van der Waals surface area contributed by atoms with E-state index in [0.717, 1.165) is 5.56 Å². The molecule has 0 heterocycles. The van der Waals surface area contributed by atoms with Crippen LogP contribution >= 0.6 is 12.6 Å². The van der Waals surface area contributed by atoms with Gasteiger partial charge in [0.2, 0.25) is 11.8 Å². The molecular weight excluding hydrogens is 454 g/mol. The van der Waals surface area contributed by atoms with Gasteiger partial charge in [0.25, 0.3) is 0 Å². The first kappa shape index (κ1) is 27.0. The first-order chi connectivity index (χ1) is 16.1. The van der Waals surface area contributed by atoms with Gasteiger partial charge < -0.3 is 25.4 Å². The Bertz CT molecular complexity index is 978. The van der Waals surface area contributed by atoms with E-state index in [2.05, 4.69) is 23.3 Å². The number of phenolic OH excluding ortho intramolecular Hbond substituents is 1. The summed E-state index contributed by atoms with van der Waals surface area (Å²) >= 11 is 4.23. The van der Waals surface area contributed by atoms with Crippen LogP contribution in [0.3, 0.4) is 0 Å². The summed E-state index contributed by atoms with van der Waals surface area (Å²) in [5, 5.41) is 15.4. The normalized spacial score (nSPS) is 12.9. The van der Waals surface area contributed by atoms with Gasteiger partial charge in [0.15, 0.2) is 0 Å². The number of alkyl carbamates (subject to hydrolysis) is 1. The molecule has 34 heavy (non-hydrogen) atoms. The minimum atomic E-state index is -1.03. The van der Waals surface area contributed by atoms with Crippen LogP contribution in [-0.4, -0.2) is 51.9 Å². The molecule has 9 heteroatoms. The number of ether oxygens (including phenoxy) is 1. The number of rotatable bonds is 9. The van der Waals surface area contributed by atoms with Gasteiger partial charge in [-0.3, -0.25) is 9.59 Å². The summed E-state index contributed by atoms with van der Waals surface area (Å²) in [5.74, 6) is -0.932. The summed E-state index contributed by atoms with van der Waals surface area (Å²) in [5.41, 5.74) is 0.607. The molecule has 3 amide bonds. The molecular formula is C25H33N3O5S. The van der Waals surface area contributed by atoms with Gasteiger partial charge in [-0.1, -0.05) is 42.5 Å². The highest BCUT2D eigenvalue weighted by Crippen LogP contribution is 2.25. The fraction of sp³-hybridized carbons (Fsp3) is 0.400. The van der Waals surface area contributed by atoms with Crippen LogP contribution in [0.5, 0.6) is 5.75 Å². The number of likely N-dealkylation sites (N-methyl/N-ethyl adjacent to an activating group) is 1. The van der Waals surface area contributed by atoms with Crippen molar-refractivity contribution in [2.45, 2.75) is 51.9 Å². The average Bonchev–Trinajstić information content (AvgIpc) is 2.78. The minimum Gasteiger partial charge on any atom is -0.508 e. The number of amides is 3. The summed E-state index contributed by atoms with van der Waals surface area (Å²) in [4.78, 5) is 40.4. The maximum absolute atomic E-state index is 13.4. The highest BCUT2D eigenvalue weighted by Gasteiger charge is 2.35. The number of nitrogens with zero attached hydrogens (tertiary/aromatic N) is 1. The lowest BCUT2D eigenvalue weighted by Gasteiger charge is -2.33. The van der Waals surface area contributed by atoms with E-state index in [1.807, 2.05) is 30.3 Å². The van der Waals surface area contributed by atoms with E-state index in [1.54, 1.807) is 39.8 Å². The fourth-order valence-corrected chi connectivity index (χ4v) is 3.60. The minimum absolute atomic E-state index is 0.00691. The third-order valence-corrected chi connectivity index (χ3v) is 5.22. The molecule has 0 saturated carbocycles. The van der Waals surface area contributed by atoms with Crippen molar-refractivity contribution in [2.24, 2.45) is 0 Å². The third kappa shape index (κ3) is 7.98. The Balaban J connectivity index is 2.31. The van der Waals surface area contributed by atoms with Crippen LogP contribution in [0.25, 0.3) is 0 Å². The van der Waals surface area contributed by atoms with Crippen molar-refractivity contribution < 1.29 is 24.2 Å². The second-order valence-electron chi connectivity index (χ2n) is 8.71. The Kier molecular flexibility index (Phi) is 9.80. The van der Waals surface area contributed by atoms with Gasteiger partial charge >= 0.3 is 6.09 Å². The van der Waals surface area contributed by atoms with E-state index in [4.69, 9.17) is 4.74 Å². The molecule has 0 radical (unpaired) electrons. The maximum atomic E-state index is 13.4. The van der Waals surface area contributed by atoms with Gasteiger partial charge in [-0.25, -0.2) is 4.79 Å². The zero-order chi connectivity index (χ0) is 25.3. The van der Waals surface area contributed by atoms with Crippen molar-refractivity contribution in [1.82, 2.24) is 15.5 Å². The molecule has 0 aliphatic carbocycles. The summed E-state index contributed by atoms with van der Waals surface area (Å²) < 4.78 is 5.26. The average molecular weight is 488 g/mol. The predicted octanol–water partition coefficient (Wildman–Crippen LogP) is 3.42. The number of thiol groups is 1. The third-order valence-electron chi connectivity index (χ3n) is 4.85. The van der Waals surface area contributed by atoms with E-state index in [1.165, 1.54) is 17.0 Å². The number of nitrogens with one attached hydrogen (secondary N) is 2. The Labute approximate surface area is 206 Å². The largest absolute Gasteiger partial charge is 0.508 e. The molecule has 0 saturated heterocycles. The van der Waals surface area contributed by atoms with Gasteiger partial charge in [-0.2, -0.15) is 12.6 Å². The van der Waals surface area contributed by atoms with Gasteiger partial charge in [-0.05, 0) is 51.0 Å². The van der Waals surface area contributed by atoms with Crippen molar-refractivity contribution in [3.8, 4) is 5.75 Å². The van der Waals surface area contributed by atoms with Crippen molar-refractivity contribution in [3.05, 3.63) is 65.7 Å². The molecule has 0 spiro atoms. The summed E-state index contributed by atoms with van der Waals surface area (Å²) in [6.07, 6.45) is -0.751. The van der Waals surface area contributed by atoms with Crippen LogP contribution in [0.1, 0.15) is 44.9 Å². The topological polar surface area (TPSA) is 108 Å². The number of phenols is 1. The van der Waals surface area contributed by atoms with E-state index < -0.39 is 35.6 Å². The van der Waals surface area contributed by atoms with Crippen LogP contribution in [-0.2, 0) is 20.9 Å². The number of hydrogen-bond donors (Lipinski definition) is 4. The van der Waals surface area contributed by atoms with Crippen molar-refractivity contribution >= 4 is 30.5 Å². The van der Waals surface area contributed by atoms with Crippen molar-refractivity contribution in [3.63, 3.8) is 0 Å². The Hall–Kier alpha value is -3.20. The van der Waals surface area contributed by atoms with Crippen LogP contribution in [0, 0.1) is 0 Å². The molecule has 2 atom stereocenters. The molecule has 2 rings (SSSR count). The zero-order valence-corrected chi connectivity index (χ0v) is 20.8.